The number of ether oxygens (including phenoxy) is 1. The van der Waals surface area contributed by atoms with Crippen LogP contribution in [0.1, 0.15) is 82.5 Å². The molecule has 3 amide bonds. The van der Waals surface area contributed by atoms with Crippen LogP contribution in [-0.2, 0) is 9.53 Å². The molecule has 3 unspecified atom stereocenters. The lowest BCUT2D eigenvalue weighted by molar-refractivity contribution is -0.149. The van der Waals surface area contributed by atoms with E-state index in [0.717, 1.165) is 32.1 Å². The predicted molar refractivity (Wildman–Crippen MR) is 139 cm³/mol. The largest absolute Gasteiger partial charge is 0.466 e. The van der Waals surface area contributed by atoms with Crippen molar-refractivity contribution < 1.29 is 19.1 Å². The van der Waals surface area contributed by atoms with Gasteiger partial charge in [-0.2, -0.15) is 0 Å². The van der Waals surface area contributed by atoms with E-state index in [1.54, 1.807) is 30.0 Å². The summed E-state index contributed by atoms with van der Waals surface area (Å²) in [5.41, 5.74) is 1.39. The summed E-state index contributed by atoms with van der Waals surface area (Å²) in [6.45, 7) is 7.82. The van der Waals surface area contributed by atoms with Crippen LogP contribution in [0.4, 0.5) is 10.5 Å². The van der Waals surface area contributed by atoms with E-state index in [1.807, 2.05) is 0 Å². The highest BCUT2D eigenvalue weighted by molar-refractivity contribution is 6.34. The van der Waals surface area contributed by atoms with Crippen molar-refractivity contribution >= 4 is 35.2 Å². The maximum atomic E-state index is 13.1. The van der Waals surface area contributed by atoms with Gasteiger partial charge in [-0.15, -0.1) is 0 Å². The summed E-state index contributed by atoms with van der Waals surface area (Å²) in [7, 11) is 0. The Morgan fingerprint density at radius 1 is 1.11 bits per heavy atom. The Labute approximate surface area is 218 Å². The van der Waals surface area contributed by atoms with E-state index in [9.17, 15) is 14.4 Å². The number of amides is 3. The monoisotopic (exact) mass is 515 g/mol. The second kappa shape index (κ2) is 9.23. The third kappa shape index (κ3) is 4.96. The molecule has 0 spiro atoms. The van der Waals surface area contributed by atoms with Gasteiger partial charge in [-0.3, -0.25) is 9.59 Å². The highest BCUT2D eigenvalue weighted by Crippen LogP contribution is 2.66. The summed E-state index contributed by atoms with van der Waals surface area (Å²) in [5, 5.41) is 6.58. The molecule has 0 radical (unpaired) electrons. The summed E-state index contributed by atoms with van der Waals surface area (Å²) in [5.74, 6) is -0.0296. The summed E-state index contributed by atoms with van der Waals surface area (Å²) < 4.78 is 5.14. The van der Waals surface area contributed by atoms with Crippen molar-refractivity contribution in [1.82, 2.24) is 10.2 Å². The van der Waals surface area contributed by atoms with Crippen LogP contribution in [0.3, 0.4) is 0 Å². The SMILES string of the molecule is CCOC(=O)C1CCCN(C(=O)c2ccc(NC(=O)NC34CC5CC(C)(CC(C)(C5)C3)C4)c(Cl)c2)C1. The Kier molecular flexibility index (Phi) is 6.51. The molecule has 2 N–H and O–H groups in total. The number of urea groups is 1. The smallest absolute Gasteiger partial charge is 0.319 e. The maximum Gasteiger partial charge on any atom is 0.319 e. The highest BCUT2D eigenvalue weighted by atomic mass is 35.5. The number of benzene rings is 1. The Bertz CT molecular complexity index is 1060. The molecule has 4 saturated carbocycles. The number of anilines is 1. The lowest BCUT2D eigenvalue weighted by Crippen LogP contribution is -2.65. The number of nitrogens with zero attached hydrogens (tertiary/aromatic N) is 1. The molecule has 7 nitrogen and oxygen atoms in total. The Morgan fingerprint density at radius 2 is 1.83 bits per heavy atom. The lowest BCUT2D eigenvalue weighted by Gasteiger charge is -2.65. The first-order valence-corrected chi connectivity index (χ1v) is 13.7. The summed E-state index contributed by atoms with van der Waals surface area (Å²) in [6, 6.07) is 4.73. The first kappa shape index (κ1) is 25.4. The van der Waals surface area contributed by atoms with Crippen LogP contribution in [0.5, 0.6) is 0 Å². The number of piperidine rings is 1. The molecular formula is C28H38ClN3O4. The van der Waals surface area contributed by atoms with E-state index in [2.05, 4.69) is 24.5 Å². The number of carbonyl (C=O) groups is 3. The second-order valence-electron chi connectivity index (χ2n) is 12.5. The van der Waals surface area contributed by atoms with Gasteiger partial charge in [0.15, 0.2) is 0 Å². The van der Waals surface area contributed by atoms with Crippen molar-refractivity contribution in [2.75, 3.05) is 25.0 Å². The van der Waals surface area contributed by atoms with E-state index in [4.69, 9.17) is 16.3 Å². The molecule has 1 aromatic rings. The number of rotatable bonds is 5. The average Bonchev–Trinajstić information content (AvgIpc) is 2.77. The number of likely N-dealkylation sites (tertiary alicyclic amines) is 1. The molecule has 1 aromatic carbocycles. The number of halogens is 1. The molecule has 1 aliphatic heterocycles. The molecule has 0 aromatic heterocycles. The second-order valence-corrected chi connectivity index (χ2v) is 12.9. The van der Waals surface area contributed by atoms with Crippen molar-refractivity contribution in [3.63, 3.8) is 0 Å². The van der Waals surface area contributed by atoms with Gasteiger partial charge in [0.1, 0.15) is 0 Å². The van der Waals surface area contributed by atoms with Gasteiger partial charge in [-0.05, 0) is 93.2 Å². The van der Waals surface area contributed by atoms with E-state index in [0.29, 0.717) is 52.7 Å². The Morgan fingerprint density at radius 3 is 2.47 bits per heavy atom. The van der Waals surface area contributed by atoms with Gasteiger partial charge in [-0.1, -0.05) is 25.4 Å². The van der Waals surface area contributed by atoms with Crippen molar-refractivity contribution in [3.8, 4) is 0 Å². The minimum atomic E-state index is -0.295. The molecule has 5 fully saturated rings. The number of nitrogens with one attached hydrogen (secondary N) is 2. The summed E-state index contributed by atoms with van der Waals surface area (Å²) in [6.07, 6.45) is 8.38. The quantitative estimate of drug-likeness (QED) is 0.498. The van der Waals surface area contributed by atoms with Crippen molar-refractivity contribution in [1.29, 1.82) is 0 Å². The van der Waals surface area contributed by atoms with Crippen LogP contribution < -0.4 is 10.6 Å². The minimum Gasteiger partial charge on any atom is -0.466 e. The Balaban J connectivity index is 1.22. The van der Waals surface area contributed by atoms with Gasteiger partial charge >= 0.3 is 12.0 Å². The number of hydrogen-bond acceptors (Lipinski definition) is 4. The fourth-order valence-corrected chi connectivity index (χ4v) is 8.76. The number of hydrogen-bond donors (Lipinski definition) is 2. The highest BCUT2D eigenvalue weighted by Gasteiger charge is 2.60. The van der Waals surface area contributed by atoms with E-state index >= 15 is 0 Å². The maximum absolute atomic E-state index is 13.1. The van der Waals surface area contributed by atoms with Gasteiger partial charge in [0.25, 0.3) is 5.91 Å². The first-order chi connectivity index (χ1) is 17.0. The van der Waals surface area contributed by atoms with Crippen LogP contribution in [0.25, 0.3) is 0 Å². The molecule has 5 aliphatic rings. The van der Waals surface area contributed by atoms with Gasteiger partial charge in [0, 0.05) is 24.2 Å². The van der Waals surface area contributed by atoms with Crippen molar-refractivity contribution in [2.24, 2.45) is 22.7 Å². The molecule has 36 heavy (non-hydrogen) atoms. The molecule has 3 atom stereocenters. The fourth-order valence-electron chi connectivity index (χ4n) is 8.53. The molecule has 1 saturated heterocycles. The Hall–Kier alpha value is -2.28. The third-order valence-electron chi connectivity index (χ3n) is 8.80. The van der Waals surface area contributed by atoms with E-state index < -0.39 is 0 Å². The standard InChI is InChI=1S/C28H38ClN3O4/c1-4-36-24(34)20-6-5-9-32(14-20)23(33)19-7-8-22(21(29)10-19)30-25(35)31-28-13-18-11-26(2,16-28)15-27(3,12-18)17-28/h7-8,10,18,20H,4-6,9,11-17H2,1-3H3,(H2,30,31,35). The van der Waals surface area contributed by atoms with Crippen LogP contribution >= 0.6 is 11.6 Å². The molecule has 4 bridgehead atoms. The van der Waals surface area contributed by atoms with Gasteiger partial charge < -0.3 is 20.3 Å². The van der Waals surface area contributed by atoms with Gasteiger partial charge in [0.2, 0.25) is 0 Å². The minimum absolute atomic E-state index is 0.154. The zero-order valence-corrected chi connectivity index (χ0v) is 22.4. The summed E-state index contributed by atoms with van der Waals surface area (Å²) in [4.78, 5) is 40.0. The molecule has 6 rings (SSSR count). The van der Waals surface area contributed by atoms with Crippen LogP contribution in [0, 0.1) is 22.7 Å². The van der Waals surface area contributed by atoms with E-state index in [-0.39, 0.29) is 29.4 Å². The first-order valence-electron chi connectivity index (χ1n) is 13.4. The van der Waals surface area contributed by atoms with Gasteiger partial charge in [0.05, 0.1) is 23.2 Å². The molecule has 1 heterocycles. The normalized spacial score (nSPS) is 34.8. The molecule has 196 valence electrons. The number of carbonyl (C=O) groups excluding carboxylic acids is 3. The van der Waals surface area contributed by atoms with Crippen molar-refractivity contribution in [2.45, 2.75) is 77.7 Å². The average molecular weight is 516 g/mol. The molecular weight excluding hydrogens is 478 g/mol. The van der Waals surface area contributed by atoms with Crippen LogP contribution in [0.15, 0.2) is 18.2 Å². The van der Waals surface area contributed by atoms with Crippen LogP contribution in [-0.4, -0.2) is 48.0 Å². The molecule has 8 heteroatoms. The zero-order chi connectivity index (χ0) is 25.7. The zero-order valence-electron chi connectivity index (χ0n) is 21.6. The van der Waals surface area contributed by atoms with Gasteiger partial charge in [-0.25, -0.2) is 4.79 Å². The summed E-state index contributed by atoms with van der Waals surface area (Å²) >= 11 is 6.51. The van der Waals surface area contributed by atoms with E-state index in [1.165, 1.54) is 19.3 Å². The predicted octanol–water partition coefficient (Wildman–Crippen LogP) is 5.63. The van der Waals surface area contributed by atoms with Crippen molar-refractivity contribution in [3.05, 3.63) is 28.8 Å². The fraction of sp³-hybridized carbons (Fsp3) is 0.679. The lowest BCUT2D eigenvalue weighted by atomic mass is 9.43. The third-order valence-corrected chi connectivity index (χ3v) is 9.11. The molecule has 4 aliphatic carbocycles. The topological polar surface area (TPSA) is 87.7 Å². The number of esters is 1. The van der Waals surface area contributed by atoms with Crippen LogP contribution in [0.2, 0.25) is 5.02 Å².